The Morgan fingerprint density at radius 3 is 2.43 bits per heavy atom. The summed E-state index contributed by atoms with van der Waals surface area (Å²) in [6.07, 6.45) is 4.91. The van der Waals surface area contributed by atoms with Crippen LogP contribution in [0.2, 0.25) is 0 Å². The highest BCUT2D eigenvalue weighted by molar-refractivity contribution is 6.01. The molecule has 2 rings (SSSR count). The molecule has 0 aliphatic carbocycles. The van der Waals surface area contributed by atoms with Crippen LogP contribution in [0.15, 0.2) is 54.4 Å². The number of amides is 1. The van der Waals surface area contributed by atoms with Crippen LogP contribution >= 0.6 is 0 Å². The molecule has 0 aliphatic heterocycles. The number of nitrogens with zero attached hydrogens (tertiary/aromatic N) is 3. The molecule has 0 fully saturated rings. The minimum atomic E-state index is -0.388. The summed E-state index contributed by atoms with van der Waals surface area (Å²) in [6.45, 7) is 0.361. The molecule has 5 nitrogen and oxygen atoms in total. The highest BCUT2D eigenvalue weighted by Crippen LogP contribution is 2.14. The molecule has 0 aliphatic rings. The van der Waals surface area contributed by atoms with Gasteiger partial charge in [-0.05, 0) is 41.5 Å². The molecule has 1 aromatic heterocycles. The molecular formula is C18H18N4O. The molecule has 0 saturated heterocycles. The van der Waals surface area contributed by atoms with E-state index in [-0.39, 0.29) is 11.5 Å². The molecule has 0 spiro atoms. The third-order valence-corrected chi connectivity index (χ3v) is 3.29. The van der Waals surface area contributed by atoms with E-state index in [1.807, 2.05) is 61.5 Å². The molecule has 0 bridgehead atoms. The molecule has 1 heterocycles. The van der Waals surface area contributed by atoms with Crippen molar-refractivity contribution in [3.05, 3.63) is 65.5 Å². The molecule has 0 radical (unpaired) electrons. The molecule has 2 aromatic rings. The van der Waals surface area contributed by atoms with Crippen molar-refractivity contribution in [2.45, 2.75) is 6.54 Å². The van der Waals surface area contributed by atoms with Crippen LogP contribution in [0.1, 0.15) is 11.1 Å². The predicted octanol–water partition coefficient (Wildman–Crippen LogP) is 2.37. The normalized spacial score (nSPS) is 10.7. The Kier molecular flexibility index (Phi) is 5.48. The van der Waals surface area contributed by atoms with Gasteiger partial charge >= 0.3 is 0 Å². The predicted molar refractivity (Wildman–Crippen MR) is 90.4 cm³/mol. The number of carbonyl (C=O) groups excluding carboxylic acids is 1. The first-order valence-corrected chi connectivity index (χ1v) is 7.16. The average Bonchev–Trinajstić information content (AvgIpc) is 2.59. The maximum absolute atomic E-state index is 12.1. The van der Waals surface area contributed by atoms with E-state index < -0.39 is 0 Å². The van der Waals surface area contributed by atoms with Crippen molar-refractivity contribution >= 4 is 17.7 Å². The van der Waals surface area contributed by atoms with E-state index in [0.29, 0.717) is 6.54 Å². The molecule has 0 saturated carbocycles. The summed E-state index contributed by atoms with van der Waals surface area (Å²) < 4.78 is 0. The number of nitriles is 1. The van der Waals surface area contributed by atoms with E-state index in [1.54, 1.807) is 18.5 Å². The molecule has 1 aromatic carbocycles. The number of pyridine rings is 1. The Labute approximate surface area is 135 Å². The van der Waals surface area contributed by atoms with E-state index >= 15 is 0 Å². The van der Waals surface area contributed by atoms with Gasteiger partial charge in [0.2, 0.25) is 0 Å². The first kappa shape index (κ1) is 16.2. The Morgan fingerprint density at radius 1 is 1.22 bits per heavy atom. The third-order valence-electron chi connectivity index (χ3n) is 3.29. The lowest BCUT2D eigenvalue weighted by Gasteiger charge is -2.11. The molecular weight excluding hydrogens is 288 g/mol. The highest BCUT2D eigenvalue weighted by atomic mass is 16.1. The monoisotopic (exact) mass is 306 g/mol. The lowest BCUT2D eigenvalue weighted by atomic mass is 10.1. The van der Waals surface area contributed by atoms with Crippen LogP contribution in [0.25, 0.3) is 6.08 Å². The van der Waals surface area contributed by atoms with Gasteiger partial charge in [-0.2, -0.15) is 5.26 Å². The first-order valence-electron chi connectivity index (χ1n) is 7.16. The zero-order valence-corrected chi connectivity index (χ0v) is 13.2. The minimum absolute atomic E-state index is 0.0802. The topological polar surface area (TPSA) is 69.0 Å². The number of aromatic nitrogens is 1. The SMILES string of the molecule is CN(C)c1ccc(/C=C(\C#N)C(=O)NCc2ccncc2)cc1. The second kappa shape index (κ2) is 7.76. The highest BCUT2D eigenvalue weighted by Gasteiger charge is 2.08. The maximum Gasteiger partial charge on any atom is 0.262 e. The fraction of sp³-hybridized carbons (Fsp3) is 0.167. The van der Waals surface area contributed by atoms with Crippen molar-refractivity contribution in [1.29, 1.82) is 5.26 Å². The van der Waals surface area contributed by atoms with Crippen LogP contribution in [0.5, 0.6) is 0 Å². The van der Waals surface area contributed by atoms with Crippen LogP contribution < -0.4 is 10.2 Å². The van der Waals surface area contributed by atoms with E-state index in [2.05, 4.69) is 10.3 Å². The lowest BCUT2D eigenvalue weighted by molar-refractivity contribution is -0.117. The Hall–Kier alpha value is -3.13. The Bertz CT molecular complexity index is 728. The average molecular weight is 306 g/mol. The van der Waals surface area contributed by atoms with Crippen molar-refractivity contribution < 1.29 is 4.79 Å². The second-order valence-corrected chi connectivity index (χ2v) is 5.19. The Morgan fingerprint density at radius 2 is 1.87 bits per heavy atom. The van der Waals surface area contributed by atoms with Gasteiger partial charge < -0.3 is 10.2 Å². The largest absolute Gasteiger partial charge is 0.378 e. The zero-order valence-electron chi connectivity index (χ0n) is 13.2. The summed E-state index contributed by atoms with van der Waals surface area (Å²) in [5, 5.41) is 11.9. The van der Waals surface area contributed by atoms with Crippen LogP contribution in [0.4, 0.5) is 5.69 Å². The quantitative estimate of drug-likeness (QED) is 0.680. The van der Waals surface area contributed by atoms with Gasteiger partial charge in [-0.25, -0.2) is 0 Å². The molecule has 0 atom stereocenters. The standard InChI is InChI=1S/C18H18N4O/c1-22(2)17-5-3-14(4-6-17)11-16(12-19)18(23)21-13-15-7-9-20-10-8-15/h3-11H,13H2,1-2H3,(H,21,23)/b16-11+. The zero-order chi connectivity index (χ0) is 16.7. The minimum Gasteiger partial charge on any atom is -0.378 e. The van der Waals surface area contributed by atoms with Crippen molar-refractivity contribution in [2.75, 3.05) is 19.0 Å². The smallest absolute Gasteiger partial charge is 0.262 e. The van der Waals surface area contributed by atoms with Gasteiger partial charge in [-0.3, -0.25) is 9.78 Å². The van der Waals surface area contributed by atoms with Gasteiger partial charge in [-0.1, -0.05) is 12.1 Å². The van der Waals surface area contributed by atoms with Gasteiger partial charge in [0.15, 0.2) is 0 Å². The fourth-order valence-electron chi connectivity index (χ4n) is 1.96. The van der Waals surface area contributed by atoms with Crippen LogP contribution in [-0.4, -0.2) is 25.0 Å². The number of rotatable bonds is 5. The van der Waals surface area contributed by atoms with E-state index in [9.17, 15) is 10.1 Å². The van der Waals surface area contributed by atoms with Crippen molar-refractivity contribution in [2.24, 2.45) is 0 Å². The van der Waals surface area contributed by atoms with Gasteiger partial charge in [-0.15, -0.1) is 0 Å². The fourth-order valence-corrected chi connectivity index (χ4v) is 1.96. The lowest BCUT2D eigenvalue weighted by Crippen LogP contribution is -2.23. The molecule has 5 heteroatoms. The molecule has 116 valence electrons. The number of carbonyl (C=O) groups is 1. The third kappa shape index (κ3) is 4.68. The van der Waals surface area contributed by atoms with Gasteiger partial charge in [0.25, 0.3) is 5.91 Å². The first-order chi connectivity index (χ1) is 11.1. The summed E-state index contributed by atoms with van der Waals surface area (Å²) in [5.41, 5.74) is 2.88. The number of hydrogen-bond acceptors (Lipinski definition) is 4. The molecule has 1 amide bonds. The van der Waals surface area contributed by atoms with Crippen molar-refractivity contribution in [3.63, 3.8) is 0 Å². The van der Waals surface area contributed by atoms with Gasteiger partial charge in [0.1, 0.15) is 11.6 Å². The number of benzene rings is 1. The summed E-state index contributed by atoms with van der Waals surface area (Å²) in [6, 6.07) is 13.2. The van der Waals surface area contributed by atoms with Crippen molar-refractivity contribution in [3.8, 4) is 6.07 Å². The number of nitrogens with one attached hydrogen (secondary N) is 1. The van der Waals surface area contributed by atoms with E-state index in [0.717, 1.165) is 16.8 Å². The van der Waals surface area contributed by atoms with E-state index in [4.69, 9.17) is 0 Å². The van der Waals surface area contributed by atoms with Gasteiger partial charge in [0, 0.05) is 38.7 Å². The van der Waals surface area contributed by atoms with E-state index in [1.165, 1.54) is 0 Å². The maximum atomic E-state index is 12.1. The molecule has 1 N–H and O–H groups in total. The summed E-state index contributed by atoms with van der Waals surface area (Å²) in [7, 11) is 3.91. The van der Waals surface area contributed by atoms with Crippen LogP contribution in [0, 0.1) is 11.3 Å². The van der Waals surface area contributed by atoms with Gasteiger partial charge in [0.05, 0.1) is 0 Å². The van der Waals surface area contributed by atoms with Crippen molar-refractivity contribution in [1.82, 2.24) is 10.3 Å². The number of anilines is 1. The summed E-state index contributed by atoms with van der Waals surface area (Å²) >= 11 is 0. The Balaban J connectivity index is 2.06. The summed E-state index contributed by atoms with van der Waals surface area (Å²) in [4.78, 5) is 18.0. The second-order valence-electron chi connectivity index (χ2n) is 5.19. The van der Waals surface area contributed by atoms with Crippen LogP contribution in [0.3, 0.4) is 0 Å². The molecule has 0 unspecified atom stereocenters. The number of hydrogen-bond donors (Lipinski definition) is 1. The van der Waals surface area contributed by atoms with Crippen LogP contribution in [-0.2, 0) is 11.3 Å². The summed E-state index contributed by atoms with van der Waals surface area (Å²) in [5.74, 6) is -0.388. The molecule has 23 heavy (non-hydrogen) atoms.